The second-order valence-corrected chi connectivity index (χ2v) is 4.33. The van der Waals surface area contributed by atoms with E-state index in [0.29, 0.717) is 18.7 Å². The van der Waals surface area contributed by atoms with Crippen LogP contribution < -0.4 is 16.0 Å². The first-order valence-corrected chi connectivity index (χ1v) is 6.07. The van der Waals surface area contributed by atoms with Crippen molar-refractivity contribution >= 4 is 23.2 Å². The highest BCUT2D eigenvalue weighted by molar-refractivity contribution is 6.10. The number of rotatable bonds is 3. The lowest BCUT2D eigenvalue weighted by atomic mass is 10.0. The van der Waals surface area contributed by atoms with Gasteiger partial charge in [-0.2, -0.15) is 0 Å². The Kier molecular flexibility index (Phi) is 3.62. The van der Waals surface area contributed by atoms with Gasteiger partial charge in [0.25, 0.3) is 0 Å². The van der Waals surface area contributed by atoms with Crippen molar-refractivity contribution in [1.29, 1.82) is 0 Å². The molecule has 0 saturated heterocycles. The maximum atomic E-state index is 12.3. The van der Waals surface area contributed by atoms with Gasteiger partial charge in [-0.15, -0.1) is 0 Å². The van der Waals surface area contributed by atoms with E-state index in [9.17, 15) is 9.59 Å². The number of hydrogen-bond donors (Lipinski definition) is 2. The maximum Gasteiger partial charge on any atom is 0.244 e. The van der Waals surface area contributed by atoms with Crippen molar-refractivity contribution in [3.8, 4) is 0 Å². The van der Waals surface area contributed by atoms with Gasteiger partial charge in [-0.05, 0) is 18.6 Å². The number of hydrogen-bond acceptors (Lipinski definition) is 3. The molecule has 0 saturated carbocycles. The van der Waals surface area contributed by atoms with Crippen LogP contribution in [0.5, 0.6) is 0 Å². The van der Waals surface area contributed by atoms with Crippen LogP contribution in [0.2, 0.25) is 0 Å². The van der Waals surface area contributed by atoms with Gasteiger partial charge >= 0.3 is 0 Å². The van der Waals surface area contributed by atoms with Crippen LogP contribution in [0, 0.1) is 5.92 Å². The summed E-state index contributed by atoms with van der Waals surface area (Å²) in [7, 11) is 0. The first-order chi connectivity index (χ1) is 8.67. The van der Waals surface area contributed by atoms with E-state index in [1.165, 1.54) is 4.90 Å². The molecule has 1 aliphatic heterocycles. The van der Waals surface area contributed by atoms with E-state index in [1.54, 1.807) is 6.07 Å². The van der Waals surface area contributed by atoms with Crippen molar-refractivity contribution < 1.29 is 9.59 Å². The molecule has 0 aromatic heterocycles. The SMILES string of the molecule is CCC(CN)C(=O)N1CC(=O)Nc2ccccc21. The summed E-state index contributed by atoms with van der Waals surface area (Å²) in [6.45, 7) is 2.29. The highest BCUT2D eigenvalue weighted by Crippen LogP contribution is 2.30. The Bertz CT molecular complexity index is 469. The fraction of sp³-hybridized carbons (Fsp3) is 0.385. The molecule has 0 bridgehead atoms. The summed E-state index contributed by atoms with van der Waals surface area (Å²) in [4.78, 5) is 25.5. The molecule has 96 valence electrons. The average molecular weight is 247 g/mol. The molecule has 1 heterocycles. The van der Waals surface area contributed by atoms with Gasteiger partial charge in [0.15, 0.2) is 0 Å². The van der Waals surface area contributed by atoms with Crippen molar-refractivity contribution in [3.05, 3.63) is 24.3 Å². The Balaban J connectivity index is 2.34. The van der Waals surface area contributed by atoms with Crippen LogP contribution in [0.4, 0.5) is 11.4 Å². The lowest BCUT2D eigenvalue weighted by molar-refractivity contribution is -0.124. The van der Waals surface area contributed by atoms with E-state index in [-0.39, 0.29) is 24.3 Å². The summed E-state index contributed by atoms with van der Waals surface area (Å²) < 4.78 is 0. The Morgan fingerprint density at radius 2 is 2.22 bits per heavy atom. The summed E-state index contributed by atoms with van der Waals surface area (Å²) in [6.07, 6.45) is 0.676. The molecule has 1 unspecified atom stereocenters. The number of anilines is 2. The summed E-state index contributed by atoms with van der Waals surface area (Å²) in [5.74, 6) is -0.486. The van der Waals surface area contributed by atoms with Crippen LogP contribution in [0.15, 0.2) is 24.3 Å². The third kappa shape index (κ3) is 2.22. The lowest BCUT2D eigenvalue weighted by Crippen LogP contribution is -2.46. The second-order valence-electron chi connectivity index (χ2n) is 4.33. The highest BCUT2D eigenvalue weighted by Gasteiger charge is 2.29. The van der Waals surface area contributed by atoms with Crippen molar-refractivity contribution in [3.63, 3.8) is 0 Å². The van der Waals surface area contributed by atoms with Crippen molar-refractivity contribution in [1.82, 2.24) is 0 Å². The first kappa shape index (κ1) is 12.6. The van der Waals surface area contributed by atoms with Gasteiger partial charge in [-0.1, -0.05) is 19.1 Å². The van der Waals surface area contributed by atoms with Gasteiger partial charge in [0.2, 0.25) is 11.8 Å². The zero-order chi connectivity index (χ0) is 13.1. The number of nitrogens with one attached hydrogen (secondary N) is 1. The molecule has 18 heavy (non-hydrogen) atoms. The molecule has 0 spiro atoms. The van der Waals surface area contributed by atoms with E-state index in [1.807, 2.05) is 25.1 Å². The Morgan fingerprint density at radius 1 is 1.50 bits per heavy atom. The maximum absolute atomic E-state index is 12.3. The minimum Gasteiger partial charge on any atom is -0.330 e. The molecular formula is C13H17N3O2. The molecule has 1 atom stereocenters. The van der Waals surface area contributed by atoms with Crippen molar-refractivity contribution in [2.24, 2.45) is 11.7 Å². The topological polar surface area (TPSA) is 75.4 Å². The Hall–Kier alpha value is -1.88. The van der Waals surface area contributed by atoms with Crippen LogP contribution in [-0.4, -0.2) is 24.9 Å². The molecule has 1 aromatic carbocycles. The fourth-order valence-corrected chi connectivity index (χ4v) is 2.09. The van der Waals surface area contributed by atoms with E-state index < -0.39 is 0 Å². The molecule has 1 aromatic rings. The predicted octanol–water partition coefficient (Wildman–Crippen LogP) is 0.957. The summed E-state index contributed by atoms with van der Waals surface area (Å²) in [6, 6.07) is 7.29. The molecule has 2 amide bonds. The monoisotopic (exact) mass is 247 g/mol. The largest absolute Gasteiger partial charge is 0.330 e. The van der Waals surface area contributed by atoms with Crippen LogP contribution in [-0.2, 0) is 9.59 Å². The lowest BCUT2D eigenvalue weighted by Gasteiger charge is -2.31. The number of benzene rings is 1. The smallest absolute Gasteiger partial charge is 0.244 e. The highest BCUT2D eigenvalue weighted by atomic mass is 16.2. The molecule has 5 heteroatoms. The number of amides is 2. The van der Waals surface area contributed by atoms with Crippen LogP contribution in [0.1, 0.15) is 13.3 Å². The number of nitrogens with zero attached hydrogens (tertiary/aromatic N) is 1. The minimum absolute atomic E-state index is 0.0619. The molecule has 1 aliphatic rings. The third-order valence-corrected chi connectivity index (χ3v) is 3.16. The molecule has 3 N–H and O–H groups in total. The molecular weight excluding hydrogens is 230 g/mol. The van der Waals surface area contributed by atoms with E-state index >= 15 is 0 Å². The quantitative estimate of drug-likeness (QED) is 0.835. The van der Waals surface area contributed by atoms with Crippen LogP contribution in [0.3, 0.4) is 0 Å². The second kappa shape index (κ2) is 5.18. The van der Waals surface area contributed by atoms with Crippen molar-refractivity contribution in [2.75, 3.05) is 23.3 Å². The molecule has 0 fully saturated rings. The van der Waals surface area contributed by atoms with Crippen molar-refractivity contribution in [2.45, 2.75) is 13.3 Å². The predicted molar refractivity (Wildman–Crippen MR) is 70.3 cm³/mol. The van der Waals surface area contributed by atoms with Gasteiger partial charge in [0.1, 0.15) is 6.54 Å². The first-order valence-electron chi connectivity index (χ1n) is 6.07. The molecule has 2 rings (SSSR count). The number of para-hydroxylation sites is 2. The van der Waals surface area contributed by atoms with Gasteiger partial charge in [-0.3, -0.25) is 9.59 Å². The normalized spacial score (nSPS) is 15.9. The minimum atomic E-state index is -0.232. The number of nitrogens with two attached hydrogens (primary N) is 1. The van der Waals surface area contributed by atoms with E-state index in [4.69, 9.17) is 5.73 Å². The van der Waals surface area contributed by atoms with Gasteiger partial charge in [0, 0.05) is 6.54 Å². The number of fused-ring (bicyclic) bond motifs is 1. The van der Waals surface area contributed by atoms with E-state index in [2.05, 4.69) is 5.32 Å². The van der Waals surface area contributed by atoms with Crippen LogP contribution in [0.25, 0.3) is 0 Å². The fourth-order valence-electron chi connectivity index (χ4n) is 2.09. The van der Waals surface area contributed by atoms with E-state index in [0.717, 1.165) is 5.69 Å². The number of carbonyl (C=O) groups excluding carboxylic acids is 2. The number of carbonyl (C=O) groups is 2. The summed E-state index contributed by atoms with van der Waals surface area (Å²) >= 11 is 0. The van der Waals surface area contributed by atoms with Gasteiger partial charge < -0.3 is 16.0 Å². The average Bonchev–Trinajstić information content (AvgIpc) is 2.39. The van der Waals surface area contributed by atoms with Gasteiger partial charge in [0.05, 0.1) is 17.3 Å². The zero-order valence-corrected chi connectivity index (χ0v) is 10.3. The third-order valence-electron chi connectivity index (χ3n) is 3.16. The summed E-state index contributed by atoms with van der Waals surface area (Å²) in [5.41, 5.74) is 7.02. The zero-order valence-electron chi connectivity index (χ0n) is 10.3. The standard InChI is InChI=1S/C13H17N3O2/c1-2-9(7-14)13(18)16-8-12(17)15-10-5-3-4-6-11(10)16/h3-6,9H,2,7-8,14H2,1H3,(H,15,17). The molecule has 5 nitrogen and oxygen atoms in total. The summed E-state index contributed by atoms with van der Waals surface area (Å²) in [5, 5.41) is 2.76. The Labute approximate surface area is 106 Å². The Morgan fingerprint density at radius 3 is 2.89 bits per heavy atom. The van der Waals surface area contributed by atoms with Crippen LogP contribution >= 0.6 is 0 Å². The molecule has 0 radical (unpaired) electrons. The van der Waals surface area contributed by atoms with Gasteiger partial charge in [-0.25, -0.2) is 0 Å². The molecule has 0 aliphatic carbocycles.